The van der Waals surface area contributed by atoms with Crippen LogP contribution in [0.1, 0.15) is 46.5 Å². The monoisotopic (exact) mass is 284 g/mol. The minimum atomic E-state index is -0.762. The molecule has 2 fully saturated rings. The van der Waals surface area contributed by atoms with Crippen molar-refractivity contribution >= 4 is 23.6 Å². The number of carbonyl (C=O) groups excluding carboxylic acids is 2. The van der Waals surface area contributed by atoms with E-state index in [0.29, 0.717) is 11.7 Å². The fourth-order valence-electron chi connectivity index (χ4n) is 2.87. The molecule has 19 heavy (non-hydrogen) atoms. The Bertz CT molecular complexity index is 364. The van der Waals surface area contributed by atoms with Crippen LogP contribution < -0.4 is 5.32 Å². The normalized spacial score (nSPS) is 31.2. The lowest BCUT2D eigenvalue weighted by molar-refractivity contribution is -0.153. The van der Waals surface area contributed by atoms with Crippen molar-refractivity contribution in [1.29, 1.82) is 0 Å². The van der Waals surface area contributed by atoms with Crippen molar-refractivity contribution in [1.82, 2.24) is 10.2 Å². The Morgan fingerprint density at radius 2 is 2.11 bits per heavy atom. The third-order valence-corrected chi connectivity index (χ3v) is 5.35. The molecule has 0 radical (unpaired) electrons. The average Bonchev–Trinajstić information content (AvgIpc) is 2.37. The van der Waals surface area contributed by atoms with Gasteiger partial charge in [0.25, 0.3) is 0 Å². The van der Waals surface area contributed by atoms with Gasteiger partial charge in [-0.05, 0) is 38.9 Å². The summed E-state index contributed by atoms with van der Waals surface area (Å²) in [5, 5.41) is 3.33. The van der Waals surface area contributed by atoms with Crippen LogP contribution in [-0.4, -0.2) is 45.8 Å². The number of rotatable bonds is 3. The average molecular weight is 284 g/mol. The SMILES string of the molecule is CCC1C(=O)NC(C)(C)C(=O)N1CC1CCCCS1. The number of piperazine rings is 1. The highest BCUT2D eigenvalue weighted by Crippen LogP contribution is 2.28. The lowest BCUT2D eigenvalue weighted by Gasteiger charge is -2.44. The fraction of sp³-hybridized carbons (Fsp3) is 0.857. The van der Waals surface area contributed by atoms with Crippen LogP contribution in [0.4, 0.5) is 0 Å². The molecule has 4 nitrogen and oxygen atoms in total. The van der Waals surface area contributed by atoms with Crippen molar-refractivity contribution in [2.24, 2.45) is 0 Å². The van der Waals surface area contributed by atoms with Gasteiger partial charge in [-0.3, -0.25) is 9.59 Å². The largest absolute Gasteiger partial charge is 0.340 e. The van der Waals surface area contributed by atoms with E-state index in [9.17, 15) is 9.59 Å². The molecule has 0 bridgehead atoms. The predicted molar refractivity (Wildman–Crippen MR) is 78.1 cm³/mol. The van der Waals surface area contributed by atoms with E-state index in [1.165, 1.54) is 18.6 Å². The molecular formula is C14H24N2O2S. The molecule has 108 valence electrons. The molecule has 2 saturated heterocycles. The molecule has 2 unspecified atom stereocenters. The Kier molecular flexibility index (Phi) is 4.43. The van der Waals surface area contributed by atoms with Gasteiger partial charge in [0.15, 0.2) is 0 Å². The first-order chi connectivity index (χ1) is 8.95. The molecule has 2 aliphatic rings. The number of hydrogen-bond acceptors (Lipinski definition) is 3. The minimum Gasteiger partial charge on any atom is -0.340 e. The van der Waals surface area contributed by atoms with Crippen molar-refractivity contribution in [3.63, 3.8) is 0 Å². The number of nitrogens with one attached hydrogen (secondary N) is 1. The van der Waals surface area contributed by atoms with Crippen LogP contribution in [0.2, 0.25) is 0 Å². The van der Waals surface area contributed by atoms with Crippen molar-refractivity contribution in [2.45, 2.75) is 63.3 Å². The second-order valence-corrected chi connectivity index (χ2v) is 7.39. The van der Waals surface area contributed by atoms with E-state index in [4.69, 9.17) is 0 Å². The second kappa shape index (κ2) is 5.73. The zero-order valence-corrected chi connectivity index (χ0v) is 12.9. The summed E-state index contributed by atoms with van der Waals surface area (Å²) in [7, 11) is 0. The number of nitrogens with zero attached hydrogens (tertiary/aromatic N) is 1. The summed E-state index contributed by atoms with van der Waals surface area (Å²) < 4.78 is 0. The quantitative estimate of drug-likeness (QED) is 0.859. The molecule has 2 atom stereocenters. The molecule has 2 rings (SSSR count). The third kappa shape index (κ3) is 3.07. The van der Waals surface area contributed by atoms with E-state index < -0.39 is 5.54 Å². The summed E-state index contributed by atoms with van der Waals surface area (Å²) in [5.41, 5.74) is -0.762. The Balaban J connectivity index is 2.12. The number of amides is 2. The topological polar surface area (TPSA) is 49.4 Å². The molecule has 2 amide bonds. The Labute approximate surface area is 119 Å². The van der Waals surface area contributed by atoms with E-state index in [1.54, 1.807) is 13.8 Å². The zero-order valence-electron chi connectivity index (χ0n) is 12.1. The highest BCUT2D eigenvalue weighted by atomic mass is 32.2. The van der Waals surface area contributed by atoms with E-state index >= 15 is 0 Å². The number of thioether (sulfide) groups is 1. The summed E-state index contributed by atoms with van der Waals surface area (Å²) in [5.74, 6) is 1.23. The maximum absolute atomic E-state index is 12.5. The summed E-state index contributed by atoms with van der Waals surface area (Å²) >= 11 is 1.95. The first kappa shape index (κ1) is 14.7. The molecule has 0 aromatic rings. The van der Waals surface area contributed by atoms with Crippen molar-refractivity contribution in [3.8, 4) is 0 Å². The van der Waals surface area contributed by atoms with Crippen LogP contribution in [0.25, 0.3) is 0 Å². The van der Waals surface area contributed by atoms with Crippen LogP contribution in [0, 0.1) is 0 Å². The van der Waals surface area contributed by atoms with Crippen molar-refractivity contribution < 1.29 is 9.59 Å². The van der Waals surface area contributed by atoms with Crippen LogP contribution in [0.5, 0.6) is 0 Å². The molecule has 1 N–H and O–H groups in total. The lowest BCUT2D eigenvalue weighted by Crippen LogP contribution is -2.68. The summed E-state index contributed by atoms with van der Waals surface area (Å²) in [6, 6.07) is -0.289. The molecule has 2 heterocycles. The molecule has 5 heteroatoms. The van der Waals surface area contributed by atoms with Crippen LogP contribution >= 0.6 is 11.8 Å². The van der Waals surface area contributed by atoms with Gasteiger partial charge in [-0.1, -0.05) is 13.3 Å². The van der Waals surface area contributed by atoms with Gasteiger partial charge < -0.3 is 10.2 Å². The highest BCUT2D eigenvalue weighted by molar-refractivity contribution is 7.99. The minimum absolute atomic E-state index is 0.00657. The molecule has 2 aliphatic heterocycles. The van der Waals surface area contributed by atoms with Gasteiger partial charge in [-0.2, -0.15) is 11.8 Å². The standard InChI is InChI=1S/C14H24N2O2S/c1-4-11-12(17)15-14(2,3)13(18)16(11)9-10-7-5-6-8-19-10/h10-11H,4-9H2,1-3H3,(H,15,17). The summed E-state index contributed by atoms with van der Waals surface area (Å²) in [6.07, 6.45) is 4.36. The fourth-order valence-corrected chi connectivity index (χ4v) is 4.18. The van der Waals surface area contributed by atoms with Gasteiger partial charge in [0, 0.05) is 11.8 Å². The zero-order chi connectivity index (χ0) is 14.0. The van der Waals surface area contributed by atoms with Gasteiger partial charge in [-0.15, -0.1) is 0 Å². The van der Waals surface area contributed by atoms with Crippen molar-refractivity contribution in [2.75, 3.05) is 12.3 Å². The van der Waals surface area contributed by atoms with E-state index in [-0.39, 0.29) is 17.9 Å². The number of carbonyl (C=O) groups is 2. The maximum atomic E-state index is 12.5. The molecule has 0 saturated carbocycles. The second-order valence-electron chi connectivity index (χ2n) is 5.98. The molecular weight excluding hydrogens is 260 g/mol. The number of hydrogen-bond donors (Lipinski definition) is 1. The molecule has 0 aliphatic carbocycles. The summed E-state index contributed by atoms with van der Waals surface area (Å²) in [6.45, 7) is 6.27. The highest BCUT2D eigenvalue weighted by Gasteiger charge is 2.45. The Morgan fingerprint density at radius 1 is 1.37 bits per heavy atom. The van der Waals surface area contributed by atoms with Gasteiger partial charge >= 0.3 is 0 Å². The van der Waals surface area contributed by atoms with E-state index in [1.807, 2.05) is 23.6 Å². The van der Waals surface area contributed by atoms with Gasteiger partial charge in [0.05, 0.1) is 0 Å². The van der Waals surface area contributed by atoms with Gasteiger partial charge in [0.1, 0.15) is 11.6 Å². The van der Waals surface area contributed by atoms with Crippen LogP contribution in [0.3, 0.4) is 0 Å². The smallest absolute Gasteiger partial charge is 0.248 e. The predicted octanol–water partition coefficient (Wildman–Crippen LogP) is 1.79. The van der Waals surface area contributed by atoms with E-state index in [2.05, 4.69) is 5.32 Å². The van der Waals surface area contributed by atoms with Gasteiger partial charge in [-0.25, -0.2) is 0 Å². The van der Waals surface area contributed by atoms with Gasteiger partial charge in [0.2, 0.25) is 11.8 Å². The lowest BCUT2D eigenvalue weighted by atomic mass is 9.95. The van der Waals surface area contributed by atoms with E-state index in [0.717, 1.165) is 13.0 Å². The first-order valence-electron chi connectivity index (χ1n) is 7.20. The molecule has 0 aromatic heterocycles. The Morgan fingerprint density at radius 3 is 2.68 bits per heavy atom. The maximum Gasteiger partial charge on any atom is 0.248 e. The van der Waals surface area contributed by atoms with Crippen LogP contribution in [-0.2, 0) is 9.59 Å². The molecule has 0 spiro atoms. The van der Waals surface area contributed by atoms with Crippen molar-refractivity contribution in [3.05, 3.63) is 0 Å². The van der Waals surface area contributed by atoms with Crippen LogP contribution in [0.15, 0.2) is 0 Å². The molecule has 0 aromatic carbocycles. The first-order valence-corrected chi connectivity index (χ1v) is 8.25. The summed E-state index contributed by atoms with van der Waals surface area (Å²) in [4.78, 5) is 26.5. The Hall–Kier alpha value is -0.710. The third-order valence-electron chi connectivity index (χ3n) is 3.97.